The standard InChI is InChI=1S/C15H25N3O2/c1-5-6-12(10-20-4)17-14-9-11(7-8-13(14)16)15(19)18(2)3/h7-9,12,17H,5-6,10,16H2,1-4H3. The van der Waals surface area contributed by atoms with Crippen LogP contribution < -0.4 is 11.1 Å². The van der Waals surface area contributed by atoms with Gasteiger partial charge in [-0.05, 0) is 24.6 Å². The minimum absolute atomic E-state index is 0.0353. The first-order chi connectivity index (χ1) is 9.49. The quantitative estimate of drug-likeness (QED) is 0.751. The molecule has 0 saturated carbocycles. The van der Waals surface area contributed by atoms with Crippen LogP contribution in [-0.2, 0) is 4.74 Å². The number of nitrogens with one attached hydrogen (secondary N) is 1. The van der Waals surface area contributed by atoms with Gasteiger partial charge in [0.15, 0.2) is 0 Å². The fraction of sp³-hybridized carbons (Fsp3) is 0.533. The first-order valence-corrected chi connectivity index (χ1v) is 6.86. The predicted octanol–water partition coefficient (Wildman–Crippen LogP) is 2.20. The molecule has 0 saturated heterocycles. The number of rotatable bonds is 7. The van der Waals surface area contributed by atoms with Crippen LogP contribution in [0, 0.1) is 0 Å². The minimum atomic E-state index is -0.0353. The van der Waals surface area contributed by atoms with Crippen LogP contribution in [0.25, 0.3) is 0 Å². The lowest BCUT2D eigenvalue weighted by Crippen LogP contribution is -2.26. The molecule has 1 aromatic carbocycles. The average Bonchev–Trinajstić information content (AvgIpc) is 2.41. The van der Waals surface area contributed by atoms with Crippen LogP contribution in [0.1, 0.15) is 30.1 Å². The Bertz CT molecular complexity index is 441. The molecule has 0 heterocycles. The third kappa shape index (κ3) is 4.42. The molecule has 3 N–H and O–H groups in total. The van der Waals surface area contributed by atoms with E-state index in [2.05, 4.69) is 12.2 Å². The second kappa shape index (κ2) is 7.75. The van der Waals surface area contributed by atoms with Crippen LogP contribution in [0.2, 0.25) is 0 Å². The van der Waals surface area contributed by atoms with E-state index in [4.69, 9.17) is 10.5 Å². The minimum Gasteiger partial charge on any atom is -0.397 e. The Morgan fingerprint density at radius 2 is 2.15 bits per heavy atom. The fourth-order valence-electron chi connectivity index (χ4n) is 2.04. The van der Waals surface area contributed by atoms with E-state index in [0.29, 0.717) is 17.9 Å². The van der Waals surface area contributed by atoms with Gasteiger partial charge in [0.05, 0.1) is 18.0 Å². The van der Waals surface area contributed by atoms with Crippen molar-refractivity contribution in [2.45, 2.75) is 25.8 Å². The Labute approximate surface area is 121 Å². The van der Waals surface area contributed by atoms with Crippen LogP contribution in [-0.4, -0.2) is 44.7 Å². The molecule has 1 amide bonds. The maximum atomic E-state index is 12.0. The molecule has 0 radical (unpaired) electrons. The average molecular weight is 279 g/mol. The molecule has 0 aromatic heterocycles. The highest BCUT2D eigenvalue weighted by Gasteiger charge is 2.13. The lowest BCUT2D eigenvalue weighted by molar-refractivity contribution is 0.0827. The van der Waals surface area contributed by atoms with Gasteiger partial charge < -0.3 is 20.7 Å². The van der Waals surface area contributed by atoms with E-state index in [1.54, 1.807) is 44.3 Å². The van der Waals surface area contributed by atoms with Crippen molar-refractivity contribution in [2.24, 2.45) is 0 Å². The Morgan fingerprint density at radius 1 is 1.45 bits per heavy atom. The number of amides is 1. The summed E-state index contributed by atoms with van der Waals surface area (Å²) in [6.45, 7) is 2.73. The van der Waals surface area contributed by atoms with Gasteiger partial charge in [0, 0.05) is 32.8 Å². The van der Waals surface area contributed by atoms with Gasteiger partial charge in [0.25, 0.3) is 5.91 Å². The number of ether oxygens (including phenoxy) is 1. The van der Waals surface area contributed by atoms with Gasteiger partial charge in [-0.1, -0.05) is 13.3 Å². The summed E-state index contributed by atoms with van der Waals surface area (Å²) in [4.78, 5) is 13.5. The second-order valence-corrected chi connectivity index (χ2v) is 5.09. The molecule has 0 bridgehead atoms. The van der Waals surface area contributed by atoms with E-state index in [0.717, 1.165) is 18.5 Å². The third-order valence-electron chi connectivity index (χ3n) is 3.07. The van der Waals surface area contributed by atoms with Crippen LogP contribution >= 0.6 is 0 Å². The first kappa shape index (κ1) is 16.3. The summed E-state index contributed by atoms with van der Waals surface area (Å²) in [5.74, 6) is -0.0353. The van der Waals surface area contributed by atoms with Crippen molar-refractivity contribution >= 4 is 17.3 Å². The highest BCUT2D eigenvalue weighted by molar-refractivity contribution is 5.95. The predicted molar refractivity (Wildman–Crippen MR) is 83.1 cm³/mol. The Morgan fingerprint density at radius 3 is 2.70 bits per heavy atom. The van der Waals surface area contributed by atoms with Crippen LogP contribution in [0.5, 0.6) is 0 Å². The number of methoxy groups -OCH3 is 1. The van der Waals surface area contributed by atoms with Crippen LogP contribution in [0.15, 0.2) is 18.2 Å². The summed E-state index contributed by atoms with van der Waals surface area (Å²) in [5, 5.41) is 3.36. The van der Waals surface area contributed by atoms with Gasteiger partial charge in [-0.3, -0.25) is 4.79 Å². The van der Waals surface area contributed by atoms with Crippen molar-refractivity contribution in [1.29, 1.82) is 0 Å². The van der Waals surface area contributed by atoms with E-state index in [1.165, 1.54) is 0 Å². The lowest BCUT2D eigenvalue weighted by Gasteiger charge is -2.20. The summed E-state index contributed by atoms with van der Waals surface area (Å²) in [7, 11) is 5.15. The maximum absolute atomic E-state index is 12.0. The first-order valence-electron chi connectivity index (χ1n) is 6.86. The molecule has 0 aliphatic rings. The molecule has 5 nitrogen and oxygen atoms in total. The highest BCUT2D eigenvalue weighted by Crippen LogP contribution is 2.22. The molecule has 1 rings (SSSR count). The molecule has 20 heavy (non-hydrogen) atoms. The summed E-state index contributed by atoms with van der Waals surface area (Å²) < 4.78 is 5.21. The topological polar surface area (TPSA) is 67.6 Å². The molecular weight excluding hydrogens is 254 g/mol. The van der Waals surface area contributed by atoms with Crippen molar-refractivity contribution in [3.05, 3.63) is 23.8 Å². The highest BCUT2D eigenvalue weighted by atomic mass is 16.5. The molecule has 0 fully saturated rings. The number of carbonyl (C=O) groups is 1. The number of nitrogens with two attached hydrogens (primary N) is 1. The van der Waals surface area contributed by atoms with Gasteiger partial charge in [0.2, 0.25) is 0 Å². The number of hydrogen-bond acceptors (Lipinski definition) is 4. The van der Waals surface area contributed by atoms with Gasteiger partial charge >= 0.3 is 0 Å². The molecule has 5 heteroatoms. The second-order valence-electron chi connectivity index (χ2n) is 5.09. The zero-order chi connectivity index (χ0) is 15.1. The van der Waals surface area contributed by atoms with Gasteiger partial charge in [-0.15, -0.1) is 0 Å². The number of nitrogen functional groups attached to an aromatic ring is 1. The van der Waals surface area contributed by atoms with Crippen molar-refractivity contribution in [1.82, 2.24) is 4.90 Å². The van der Waals surface area contributed by atoms with Crippen molar-refractivity contribution in [3.8, 4) is 0 Å². The lowest BCUT2D eigenvalue weighted by atomic mass is 10.1. The van der Waals surface area contributed by atoms with Gasteiger partial charge in [-0.25, -0.2) is 0 Å². The molecule has 112 valence electrons. The Balaban J connectivity index is 2.92. The monoisotopic (exact) mass is 279 g/mol. The number of anilines is 2. The molecule has 0 aliphatic heterocycles. The third-order valence-corrected chi connectivity index (χ3v) is 3.07. The van der Waals surface area contributed by atoms with Crippen LogP contribution in [0.3, 0.4) is 0 Å². The number of carbonyl (C=O) groups excluding carboxylic acids is 1. The SMILES string of the molecule is CCCC(COC)Nc1cc(C(=O)N(C)C)ccc1N. The number of nitrogens with zero attached hydrogens (tertiary/aromatic N) is 1. The van der Waals surface area contributed by atoms with E-state index in [-0.39, 0.29) is 11.9 Å². The molecular formula is C15H25N3O2. The summed E-state index contributed by atoms with van der Waals surface area (Å²) in [6, 6.07) is 5.50. The maximum Gasteiger partial charge on any atom is 0.253 e. The summed E-state index contributed by atoms with van der Waals surface area (Å²) in [6.07, 6.45) is 2.04. The molecule has 1 unspecified atom stereocenters. The largest absolute Gasteiger partial charge is 0.397 e. The summed E-state index contributed by atoms with van der Waals surface area (Å²) >= 11 is 0. The van der Waals surface area contributed by atoms with Gasteiger partial charge in [-0.2, -0.15) is 0 Å². The van der Waals surface area contributed by atoms with Crippen molar-refractivity contribution in [2.75, 3.05) is 38.9 Å². The van der Waals surface area contributed by atoms with E-state index in [9.17, 15) is 4.79 Å². The molecule has 1 aromatic rings. The Kier molecular flexibility index (Phi) is 6.31. The summed E-state index contributed by atoms with van der Waals surface area (Å²) in [5.41, 5.74) is 8.02. The zero-order valence-corrected chi connectivity index (χ0v) is 12.8. The fourth-order valence-corrected chi connectivity index (χ4v) is 2.04. The zero-order valence-electron chi connectivity index (χ0n) is 12.8. The number of hydrogen-bond donors (Lipinski definition) is 2. The molecule has 0 aliphatic carbocycles. The van der Waals surface area contributed by atoms with E-state index < -0.39 is 0 Å². The van der Waals surface area contributed by atoms with Gasteiger partial charge in [0.1, 0.15) is 0 Å². The Hall–Kier alpha value is -1.75. The normalized spacial score (nSPS) is 12.0. The molecule has 1 atom stereocenters. The number of benzene rings is 1. The van der Waals surface area contributed by atoms with Crippen molar-refractivity contribution in [3.63, 3.8) is 0 Å². The van der Waals surface area contributed by atoms with E-state index >= 15 is 0 Å². The smallest absolute Gasteiger partial charge is 0.253 e. The van der Waals surface area contributed by atoms with Crippen LogP contribution in [0.4, 0.5) is 11.4 Å². The van der Waals surface area contributed by atoms with E-state index in [1.807, 2.05) is 0 Å². The molecule has 0 spiro atoms. The van der Waals surface area contributed by atoms with Crippen molar-refractivity contribution < 1.29 is 9.53 Å².